The Morgan fingerprint density at radius 3 is 2.88 bits per heavy atom. The average Bonchev–Trinajstić information content (AvgIpc) is 3.02. The smallest absolute Gasteiger partial charge is 0.221 e. The number of aliphatic hydroxyl groups is 1. The van der Waals surface area contributed by atoms with Gasteiger partial charge in [0.1, 0.15) is 0 Å². The van der Waals surface area contributed by atoms with Crippen molar-refractivity contribution in [1.82, 2.24) is 4.90 Å². The predicted molar refractivity (Wildman–Crippen MR) is 100 cm³/mol. The van der Waals surface area contributed by atoms with E-state index in [9.17, 15) is 9.90 Å². The van der Waals surface area contributed by atoms with Gasteiger partial charge in [0, 0.05) is 38.3 Å². The van der Waals surface area contributed by atoms with Crippen LogP contribution in [-0.4, -0.2) is 29.1 Å². The zero-order valence-electron chi connectivity index (χ0n) is 14.7. The highest BCUT2D eigenvalue weighted by Crippen LogP contribution is 2.36. The highest BCUT2D eigenvalue weighted by Gasteiger charge is 2.27. The number of fused-ring (bicyclic) bond motifs is 1. The van der Waals surface area contributed by atoms with Crippen molar-refractivity contribution in [3.8, 4) is 0 Å². The largest absolute Gasteiger partial charge is 0.396 e. The Kier molecular flexibility index (Phi) is 5.84. The van der Waals surface area contributed by atoms with Gasteiger partial charge in [-0.05, 0) is 48.1 Å². The molecule has 0 unspecified atom stereocenters. The van der Waals surface area contributed by atoms with Crippen molar-refractivity contribution in [3.05, 3.63) is 65.2 Å². The molecule has 0 saturated carbocycles. The number of carbonyl (C=O) groups excluding carboxylic acids is 1. The van der Waals surface area contributed by atoms with E-state index in [4.69, 9.17) is 0 Å². The molecule has 0 fully saturated rings. The molecule has 4 heteroatoms. The molecule has 2 aromatic rings. The Bertz CT molecular complexity index is 729. The molecule has 25 heavy (non-hydrogen) atoms. The van der Waals surface area contributed by atoms with E-state index in [1.165, 1.54) is 23.6 Å². The number of anilines is 1. The highest BCUT2D eigenvalue weighted by atomic mass is 16.3. The summed E-state index contributed by atoms with van der Waals surface area (Å²) in [5, 5.41) is 12.1. The minimum Gasteiger partial charge on any atom is -0.396 e. The molecule has 4 nitrogen and oxygen atoms in total. The quantitative estimate of drug-likeness (QED) is 0.812. The van der Waals surface area contributed by atoms with E-state index in [2.05, 4.69) is 40.5 Å². The lowest BCUT2D eigenvalue weighted by Crippen LogP contribution is -2.29. The van der Waals surface area contributed by atoms with E-state index in [0.29, 0.717) is 6.04 Å². The minimum absolute atomic E-state index is 0.0565. The molecular weight excluding hydrogens is 312 g/mol. The topological polar surface area (TPSA) is 52.6 Å². The van der Waals surface area contributed by atoms with Crippen LogP contribution in [0.15, 0.2) is 48.5 Å². The number of benzene rings is 2. The van der Waals surface area contributed by atoms with Crippen LogP contribution >= 0.6 is 0 Å². The molecule has 3 rings (SSSR count). The predicted octanol–water partition coefficient (Wildman–Crippen LogP) is 3.52. The second-order valence-electron chi connectivity index (χ2n) is 6.68. The average molecular weight is 338 g/mol. The third-order valence-electron chi connectivity index (χ3n) is 4.78. The summed E-state index contributed by atoms with van der Waals surface area (Å²) in [6, 6.07) is 17.1. The molecule has 1 aliphatic rings. The number of aliphatic hydroxyl groups excluding tert-OH is 1. The molecule has 1 amide bonds. The summed E-state index contributed by atoms with van der Waals surface area (Å²) in [6.45, 7) is 3.40. The molecule has 0 heterocycles. The molecule has 0 bridgehead atoms. The molecule has 1 aliphatic carbocycles. The lowest BCUT2D eigenvalue weighted by molar-refractivity contribution is -0.114. The van der Waals surface area contributed by atoms with Gasteiger partial charge < -0.3 is 10.4 Å². The molecule has 132 valence electrons. The van der Waals surface area contributed by atoms with Crippen molar-refractivity contribution >= 4 is 11.6 Å². The first kappa shape index (κ1) is 17.6. The van der Waals surface area contributed by atoms with E-state index in [1.807, 2.05) is 18.2 Å². The number of amides is 1. The monoisotopic (exact) mass is 338 g/mol. The van der Waals surface area contributed by atoms with Crippen LogP contribution in [0.25, 0.3) is 0 Å². The summed E-state index contributed by atoms with van der Waals surface area (Å²) in [5.74, 6) is -0.0565. The zero-order valence-corrected chi connectivity index (χ0v) is 14.7. The van der Waals surface area contributed by atoms with E-state index in [0.717, 1.165) is 38.0 Å². The van der Waals surface area contributed by atoms with Gasteiger partial charge in [-0.1, -0.05) is 36.4 Å². The maximum absolute atomic E-state index is 11.3. The van der Waals surface area contributed by atoms with Gasteiger partial charge in [0.2, 0.25) is 5.91 Å². The maximum atomic E-state index is 11.3. The molecule has 0 aliphatic heterocycles. The first-order chi connectivity index (χ1) is 12.2. The van der Waals surface area contributed by atoms with Gasteiger partial charge in [0.05, 0.1) is 0 Å². The van der Waals surface area contributed by atoms with Crippen LogP contribution in [0.3, 0.4) is 0 Å². The van der Waals surface area contributed by atoms with Crippen molar-refractivity contribution in [2.45, 2.75) is 38.8 Å². The number of hydrogen-bond donors (Lipinski definition) is 2. The van der Waals surface area contributed by atoms with Crippen LogP contribution in [0.1, 0.15) is 42.5 Å². The van der Waals surface area contributed by atoms with Gasteiger partial charge in [0.25, 0.3) is 0 Å². The van der Waals surface area contributed by atoms with Crippen molar-refractivity contribution in [3.63, 3.8) is 0 Å². The van der Waals surface area contributed by atoms with Gasteiger partial charge in [-0.3, -0.25) is 9.69 Å². The fourth-order valence-corrected chi connectivity index (χ4v) is 3.72. The number of nitrogens with one attached hydrogen (secondary N) is 1. The van der Waals surface area contributed by atoms with Gasteiger partial charge in [-0.25, -0.2) is 0 Å². The first-order valence-corrected chi connectivity index (χ1v) is 8.96. The Morgan fingerprint density at radius 1 is 1.24 bits per heavy atom. The van der Waals surface area contributed by atoms with E-state index < -0.39 is 0 Å². The Balaban J connectivity index is 1.79. The highest BCUT2D eigenvalue weighted by molar-refractivity contribution is 5.88. The standard InChI is InChI=1S/C21H26N2O2/c1-16(25)22-19-8-4-6-17(14-19)15-23(12-5-13-24)21-11-10-18-7-2-3-9-20(18)21/h2-4,6-9,14,21,24H,5,10-13,15H2,1H3,(H,22,25)/t21-/m0/s1. The molecule has 0 aromatic heterocycles. The molecular formula is C21H26N2O2. The van der Waals surface area contributed by atoms with Crippen molar-refractivity contribution in [2.24, 2.45) is 0 Å². The lowest BCUT2D eigenvalue weighted by Gasteiger charge is -2.30. The van der Waals surface area contributed by atoms with Gasteiger partial charge >= 0.3 is 0 Å². The van der Waals surface area contributed by atoms with Crippen molar-refractivity contribution < 1.29 is 9.90 Å². The number of nitrogens with zero attached hydrogens (tertiary/aromatic N) is 1. The molecule has 0 radical (unpaired) electrons. The number of carbonyl (C=O) groups is 1. The summed E-state index contributed by atoms with van der Waals surface area (Å²) < 4.78 is 0. The zero-order chi connectivity index (χ0) is 17.6. The summed E-state index contributed by atoms with van der Waals surface area (Å²) >= 11 is 0. The van der Waals surface area contributed by atoms with E-state index >= 15 is 0 Å². The summed E-state index contributed by atoms with van der Waals surface area (Å²) in [7, 11) is 0. The summed E-state index contributed by atoms with van der Waals surface area (Å²) in [4.78, 5) is 13.7. The Morgan fingerprint density at radius 2 is 2.08 bits per heavy atom. The van der Waals surface area contributed by atoms with E-state index in [1.54, 1.807) is 0 Å². The maximum Gasteiger partial charge on any atom is 0.221 e. The molecule has 1 atom stereocenters. The summed E-state index contributed by atoms with van der Waals surface area (Å²) in [6.07, 6.45) is 3.00. The normalized spacial score (nSPS) is 16.0. The Hall–Kier alpha value is -2.17. The second-order valence-corrected chi connectivity index (χ2v) is 6.68. The second kappa shape index (κ2) is 8.28. The van der Waals surface area contributed by atoms with Crippen LogP contribution in [0.2, 0.25) is 0 Å². The Labute approximate surface area is 149 Å². The minimum atomic E-state index is -0.0565. The van der Waals surface area contributed by atoms with Crippen LogP contribution in [-0.2, 0) is 17.8 Å². The fraction of sp³-hybridized carbons (Fsp3) is 0.381. The number of aryl methyl sites for hydroxylation is 1. The van der Waals surface area contributed by atoms with Crippen LogP contribution < -0.4 is 5.32 Å². The van der Waals surface area contributed by atoms with E-state index in [-0.39, 0.29) is 12.5 Å². The van der Waals surface area contributed by atoms with Gasteiger partial charge in [0.15, 0.2) is 0 Å². The van der Waals surface area contributed by atoms with Gasteiger partial charge in [-0.2, -0.15) is 0 Å². The van der Waals surface area contributed by atoms with Gasteiger partial charge in [-0.15, -0.1) is 0 Å². The number of rotatable bonds is 7. The van der Waals surface area contributed by atoms with Crippen LogP contribution in [0.5, 0.6) is 0 Å². The summed E-state index contributed by atoms with van der Waals surface area (Å²) in [5.41, 5.74) is 4.86. The fourth-order valence-electron chi connectivity index (χ4n) is 3.72. The third-order valence-corrected chi connectivity index (χ3v) is 4.78. The molecule has 0 spiro atoms. The SMILES string of the molecule is CC(=O)Nc1cccc(CN(CCCO)[C@H]2CCc3ccccc32)c1. The third kappa shape index (κ3) is 4.47. The number of hydrogen-bond acceptors (Lipinski definition) is 3. The first-order valence-electron chi connectivity index (χ1n) is 8.96. The molecule has 0 saturated heterocycles. The lowest BCUT2D eigenvalue weighted by atomic mass is 10.1. The van der Waals surface area contributed by atoms with Crippen LogP contribution in [0.4, 0.5) is 5.69 Å². The van der Waals surface area contributed by atoms with Crippen molar-refractivity contribution in [2.75, 3.05) is 18.5 Å². The van der Waals surface area contributed by atoms with Crippen molar-refractivity contribution in [1.29, 1.82) is 0 Å². The van der Waals surface area contributed by atoms with Crippen LogP contribution in [0, 0.1) is 0 Å². The molecule has 2 N–H and O–H groups in total. The molecule has 2 aromatic carbocycles.